The quantitative estimate of drug-likeness (QED) is 0.909. The molecule has 2 aliphatic rings. The number of carbonyl (C=O) groups is 1. The van der Waals surface area contributed by atoms with Crippen molar-refractivity contribution in [1.82, 2.24) is 9.80 Å². The summed E-state index contributed by atoms with van der Waals surface area (Å²) in [6.45, 7) is 4.07. The van der Waals surface area contributed by atoms with Crippen LogP contribution in [0.25, 0.3) is 0 Å². The minimum atomic E-state index is -0.687. The van der Waals surface area contributed by atoms with E-state index in [2.05, 4.69) is 11.0 Å². The van der Waals surface area contributed by atoms with Gasteiger partial charge in [0.15, 0.2) is 0 Å². The molecular weight excluding hydrogens is 314 g/mol. The van der Waals surface area contributed by atoms with Crippen LogP contribution in [0.15, 0.2) is 24.3 Å². The predicted octanol–water partition coefficient (Wildman–Crippen LogP) is 2.21. The lowest BCUT2D eigenvalue weighted by molar-refractivity contribution is 0.00305. The van der Waals surface area contributed by atoms with E-state index >= 15 is 0 Å². The van der Waals surface area contributed by atoms with Crippen LogP contribution < -0.4 is 4.90 Å². The topological polar surface area (TPSA) is 47.0 Å². The molecule has 5 nitrogen and oxygen atoms in total. The number of likely N-dealkylation sites (tertiary alicyclic amines) is 1. The number of hydrogen-bond donors (Lipinski definition) is 1. The first-order chi connectivity index (χ1) is 12.0. The summed E-state index contributed by atoms with van der Waals surface area (Å²) in [4.78, 5) is 19.5. The second-order valence-electron chi connectivity index (χ2n) is 7.82. The lowest BCUT2D eigenvalue weighted by Gasteiger charge is -2.30. The van der Waals surface area contributed by atoms with E-state index in [4.69, 9.17) is 0 Å². The maximum Gasteiger partial charge on any atom is 0.255 e. The van der Waals surface area contributed by atoms with Crippen LogP contribution in [0.1, 0.15) is 42.5 Å². The van der Waals surface area contributed by atoms with Crippen molar-refractivity contribution in [3.63, 3.8) is 0 Å². The van der Waals surface area contributed by atoms with Gasteiger partial charge in [0.1, 0.15) is 0 Å². The molecule has 2 fully saturated rings. The molecule has 0 saturated carbocycles. The molecule has 138 valence electrons. The van der Waals surface area contributed by atoms with Crippen molar-refractivity contribution in [3.8, 4) is 0 Å². The molecular formula is C20H31N3O2. The number of hydrogen-bond acceptors (Lipinski definition) is 4. The Hall–Kier alpha value is -1.59. The maximum atomic E-state index is 13.2. The van der Waals surface area contributed by atoms with Crippen LogP contribution in [-0.4, -0.2) is 73.2 Å². The number of rotatable bonds is 4. The zero-order valence-corrected chi connectivity index (χ0v) is 15.6. The number of para-hydroxylation sites is 1. The van der Waals surface area contributed by atoms with E-state index in [-0.39, 0.29) is 5.91 Å². The van der Waals surface area contributed by atoms with Gasteiger partial charge in [0, 0.05) is 38.4 Å². The Labute approximate surface area is 151 Å². The van der Waals surface area contributed by atoms with Crippen LogP contribution >= 0.6 is 0 Å². The second-order valence-corrected chi connectivity index (χ2v) is 7.82. The molecule has 0 unspecified atom stereocenters. The fourth-order valence-electron chi connectivity index (χ4n) is 4.19. The molecule has 1 amide bonds. The van der Waals surface area contributed by atoms with Crippen molar-refractivity contribution in [2.75, 3.05) is 51.7 Å². The van der Waals surface area contributed by atoms with Gasteiger partial charge in [0.25, 0.3) is 5.91 Å². The first-order valence-electron chi connectivity index (χ1n) is 9.49. The summed E-state index contributed by atoms with van der Waals surface area (Å²) in [5.74, 6) is 0.108. The number of anilines is 1. The zero-order valence-electron chi connectivity index (χ0n) is 15.6. The van der Waals surface area contributed by atoms with Crippen LogP contribution in [0.5, 0.6) is 0 Å². The molecule has 2 saturated heterocycles. The van der Waals surface area contributed by atoms with Crippen molar-refractivity contribution < 1.29 is 9.90 Å². The van der Waals surface area contributed by atoms with Crippen LogP contribution in [0.3, 0.4) is 0 Å². The molecule has 2 aliphatic heterocycles. The summed E-state index contributed by atoms with van der Waals surface area (Å²) in [5.41, 5.74) is 1.19. The van der Waals surface area contributed by atoms with Gasteiger partial charge in [-0.25, -0.2) is 0 Å². The third kappa shape index (κ3) is 4.33. The summed E-state index contributed by atoms with van der Waals surface area (Å²) in [5, 5.41) is 10.8. The molecule has 1 aromatic carbocycles. The highest BCUT2D eigenvalue weighted by molar-refractivity contribution is 5.99. The first-order valence-corrected chi connectivity index (χ1v) is 9.49. The number of likely N-dealkylation sites (N-methyl/N-ethyl adjacent to an activating group) is 1. The SMILES string of the molecule is CN(C)C[C@@]1(O)CCCN(C(=O)c2ccccc2N2CCCC2)CC1. The highest BCUT2D eigenvalue weighted by atomic mass is 16.3. The van der Waals surface area contributed by atoms with Gasteiger partial charge in [-0.1, -0.05) is 12.1 Å². The van der Waals surface area contributed by atoms with E-state index in [1.54, 1.807) is 0 Å². The van der Waals surface area contributed by atoms with E-state index in [1.165, 1.54) is 12.8 Å². The fourth-order valence-corrected chi connectivity index (χ4v) is 4.19. The van der Waals surface area contributed by atoms with Gasteiger partial charge in [0.2, 0.25) is 0 Å². The van der Waals surface area contributed by atoms with Crippen molar-refractivity contribution in [1.29, 1.82) is 0 Å². The van der Waals surface area contributed by atoms with E-state index in [1.807, 2.05) is 42.1 Å². The van der Waals surface area contributed by atoms with E-state index in [0.717, 1.165) is 43.7 Å². The maximum absolute atomic E-state index is 13.2. The summed E-state index contributed by atoms with van der Waals surface area (Å²) < 4.78 is 0. The average molecular weight is 345 g/mol. The lowest BCUT2D eigenvalue weighted by atomic mass is 9.94. The Morgan fingerprint density at radius 3 is 2.52 bits per heavy atom. The molecule has 0 radical (unpaired) electrons. The largest absolute Gasteiger partial charge is 0.388 e. The first kappa shape index (κ1) is 18.2. The average Bonchev–Trinajstić information content (AvgIpc) is 3.04. The van der Waals surface area contributed by atoms with Gasteiger partial charge in [-0.05, 0) is 58.3 Å². The monoisotopic (exact) mass is 345 g/mol. The van der Waals surface area contributed by atoms with Crippen molar-refractivity contribution >= 4 is 11.6 Å². The number of aliphatic hydroxyl groups is 1. The normalized spacial score (nSPS) is 24.6. The molecule has 3 rings (SSSR count). The Bertz CT molecular complexity index is 598. The summed E-state index contributed by atoms with van der Waals surface area (Å²) >= 11 is 0. The standard InChI is InChI=1S/C20H31N3O2/c1-21(2)16-20(25)10-7-14-23(15-11-20)19(24)17-8-3-4-9-18(17)22-12-5-6-13-22/h3-4,8-9,25H,5-7,10-16H2,1-2H3/t20-/m1/s1. The molecule has 1 atom stereocenters. The van der Waals surface area contributed by atoms with Crippen LogP contribution in [-0.2, 0) is 0 Å². The number of amides is 1. The van der Waals surface area contributed by atoms with Gasteiger partial charge in [0.05, 0.1) is 11.2 Å². The molecule has 0 bridgehead atoms. The minimum Gasteiger partial charge on any atom is -0.388 e. The highest BCUT2D eigenvalue weighted by Crippen LogP contribution is 2.28. The van der Waals surface area contributed by atoms with Gasteiger partial charge in [-0.15, -0.1) is 0 Å². The van der Waals surface area contributed by atoms with Crippen LogP contribution in [0.2, 0.25) is 0 Å². The second kappa shape index (κ2) is 7.75. The van der Waals surface area contributed by atoms with Crippen LogP contribution in [0.4, 0.5) is 5.69 Å². The predicted molar refractivity (Wildman–Crippen MR) is 101 cm³/mol. The number of carbonyl (C=O) groups excluding carboxylic acids is 1. The third-order valence-electron chi connectivity index (χ3n) is 5.40. The molecule has 5 heteroatoms. The zero-order chi connectivity index (χ0) is 17.9. The lowest BCUT2D eigenvalue weighted by Crippen LogP contribution is -2.41. The summed E-state index contributed by atoms with van der Waals surface area (Å²) in [7, 11) is 3.97. The summed E-state index contributed by atoms with van der Waals surface area (Å²) in [6.07, 6.45) is 4.64. The van der Waals surface area contributed by atoms with Gasteiger partial charge < -0.3 is 19.8 Å². The summed E-state index contributed by atoms with van der Waals surface area (Å²) in [6, 6.07) is 7.99. The van der Waals surface area contributed by atoms with Crippen molar-refractivity contribution in [3.05, 3.63) is 29.8 Å². The highest BCUT2D eigenvalue weighted by Gasteiger charge is 2.33. The molecule has 1 aromatic rings. The minimum absolute atomic E-state index is 0.108. The molecule has 1 N–H and O–H groups in total. The smallest absolute Gasteiger partial charge is 0.255 e. The number of benzene rings is 1. The van der Waals surface area contributed by atoms with Gasteiger partial charge in [-0.3, -0.25) is 4.79 Å². The van der Waals surface area contributed by atoms with Crippen LogP contribution in [0, 0.1) is 0 Å². The molecule has 0 aliphatic carbocycles. The van der Waals surface area contributed by atoms with Gasteiger partial charge >= 0.3 is 0 Å². The Morgan fingerprint density at radius 2 is 1.80 bits per heavy atom. The Balaban J connectivity index is 1.73. The van der Waals surface area contributed by atoms with E-state index < -0.39 is 5.60 Å². The van der Waals surface area contributed by atoms with Gasteiger partial charge in [-0.2, -0.15) is 0 Å². The molecule has 25 heavy (non-hydrogen) atoms. The molecule has 2 heterocycles. The Morgan fingerprint density at radius 1 is 1.08 bits per heavy atom. The third-order valence-corrected chi connectivity index (χ3v) is 5.40. The molecule has 0 spiro atoms. The number of nitrogens with zero attached hydrogens (tertiary/aromatic N) is 3. The molecule has 0 aromatic heterocycles. The van der Waals surface area contributed by atoms with E-state index in [9.17, 15) is 9.90 Å². The Kier molecular flexibility index (Phi) is 5.64. The van der Waals surface area contributed by atoms with Crippen molar-refractivity contribution in [2.45, 2.75) is 37.7 Å². The van der Waals surface area contributed by atoms with Crippen molar-refractivity contribution in [2.24, 2.45) is 0 Å². The van der Waals surface area contributed by atoms with E-state index in [0.29, 0.717) is 19.5 Å². The fraction of sp³-hybridized carbons (Fsp3) is 0.650.